The first kappa shape index (κ1) is 19.5. The zero-order valence-electron chi connectivity index (χ0n) is 14.7. The van der Waals surface area contributed by atoms with Crippen molar-refractivity contribution in [1.29, 1.82) is 0 Å². The third kappa shape index (κ3) is 6.21. The predicted molar refractivity (Wildman–Crippen MR) is 104 cm³/mol. The van der Waals surface area contributed by atoms with Gasteiger partial charge in [0.15, 0.2) is 5.96 Å². The summed E-state index contributed by atoms with van der Waals surface area (Å²) in [6.07, 6.45) is 1.02. The molecule has 0 bridgehead atoms. The summed E-state index contributed by atoms with van der Waals surface area (Å²) in [5.74, 6) is 0.558. The number of anilines is 1. The van der Waals surface area contributed by atoms with Crippen LogP contribution in [0.15, 0.2) is 33.7 Å². The number of methoxy groups -OCH3 is 1. The fourth-order valence-electron chi connectivity index (χ4n) is 2.71. The van der Waals surface area contributed by atoms with E-state index in [0.29, 0.717) is 19.1 Å². The fourth-order valence-corrected chi connectivity index (χ4v) is 3.25. The molecule has 1 aromatic rings. The van der Waals surface area contributed by atoms with E-state index in [0.717, 1.165) is 24.0 Å². The quantitative estimate of drug-likeness (QED) is 0.353. The van der Waals surface area contributed by atoms with E-state index in [1.165, 1.54) is 5.69 Å². The van der Waals surface area contributed by atoms with E-state index in [4.69, 9.17) is 4.74 Å². The Morgan fingerprint density at radius 1 is 1.40 bits per heavy atom. The molecule has 138 valence electrons. The van der Waals surface area contributed by atoms with Crippen molar-refractivity contribution in [2.45, 2.75) is 12.5 Å². The van der Waals surface area contributed by atoms with Gasteiger partial charge in [-0.05, 0) is 34.5 Å². The van der Waals surface area contributed by atoms with Crippen molar-refractivity contribution in [3.8, 4) is 0 Å². The summed E-state index contributed by atoms with van der Waals surface area (Å²) in [6, 6.07) is 8.52. The Kier molecular flexibility index (Phi) is 8.00. The largest absolute Gasteiger partial charge is 0.383 e. The van der Waals surface area contributed by atoms with E-state index >= 15 is 0 Å². The van der Waals surface area contributed by atoms with Gasteiger partial charge in [0.2, 0.25) is 5.91 Å². The second kappa shape index (κ2) is 10.2. The Labute approximate surface area is 157 Å². The first-order valence-corrected chi connectivity index (χ1v) is 9.15. The van der Waals surface area contributed by atoms with Crippen LogP contribution < -0.4 is 20.9 Å². The van der Waals surface area contributed by atoms with Crippen molar-refractivity contribution < 1.29 is 9.53 Å². The molecule has 1 unspecified atom stereocenters. The highest BCUT2D eigenvalue weighted by Gasteiger charge is 2.24. The van der Waals surface area contributed by atoms with E-state index in [1.807, 2.05) is 12.1 Å². The van der Waals surface area contributed by atoms with Crippen LogP contribution in [-0.2, 0) is 9.53 Å². The lowest BCUT2D eigenvalue weighted by Gasteiger charge is -2.21. The minimum absolute atomic E-state index is 0.0822. The number of ether oxygens (including phenoxy) is 1. The number of carbonyl (C=O) groups excluding carboxylic acids is 1. The van der Waals surface area contributed by atoms with Crippen LogP contribution in [0.3, 0.4) is 0 Å². The Bertz CT molecular complexity index is 596. The van der Waals surface area contributed by atoms with Gasteiger partial charge >= 0.3 is 0 Å². The molecule has 2 rings (SSSR count). The first-order chi connectivity index (χ1) is 12.1. The normalized spacial score (nSPS) is 17.5. The molecule has 0 spiro atoms. The Morgan fingerprint density at radius 3 is 2.92 bits per heavy atom. The molecule has 0 saturated carbocycles. The van der Waals surface area contributed by atoms with Crippen LogP contribution >= 0.6 is 15.9 Å². The number of aliphatic imine (C=N–C) groups is 1. The lowest BCUT2D eigenvalue weighted by Crippen LogP contribution is -2.47. The van der Waals surface area contributed by atoms with Gasteiger partial charge < -0.3 is 25.6 Å². The molecule has 3 N–H and O–H groups in total. The molecule has 0 aliphatic carbocycles. The van der Waals surface area contributed by atoms with Gasteiger partial charge in [0, 0.05) is 44.3 Å². The van der Waals surface area contributed by atoms with Gasteiger partial charge in [0.25, 0.3) is 0 Å². The van der Waals surface area contributed by atoms with Crippen LogP contribution in [0.25, 0.3) is 0 Å². The van der Waals surface area contributed by atoms with Crippen molar-refractivity contribution in [2.75, 3.05) is 51.8 Å². The number of carbonyl (C=O) groups is 1. The van der Waals surface area contributed by atoms with Gasteiger partial charge in [0.05, 0.1) is 18.8 Å². The molecule has 1 fully saturated rings. The van der Waals surface area contributed by atoms with Gasteiger partial charge in [-0.3, -0.25) is 9.79 Å². The highest BCUT2D eigenvalue weighted by atomic mass is 79.9. The maximum absolute atomic E-state index is 11.7. The number of nitrogens with zero attached hydrogens (tertiary/aromatic N) is 2. The molecule has 7 nitrogen and oxygen atoms in total. The molecule has 0 radical (unpaired) electrons. The zero-order chi connectivity index (χ0) is 18.1. The number of hydrogen-bond donors (Lipinski definition) is 3. The molecule has 1 atom stereocenters. The summed E-state index contributed by atoms with van der Waals surface area (Å²) in [5, 5.41) is 9.20. The maximum Gasteiger partial charge on any atom is 0.239 e. The first-order valence-electron chi connectivity index (χ1n) is 8.36. The van der Waals surface area contributed by atoms with Crippen LogP contribution in [0.5, 0.6) is 0 Å². The van der Waals surface area contributed by atoms with E-state index in [-0.39, 0.29) is 18.5 Å². The standard InChI is InChI=1S/C17H26BrN5O2/c1-19-17(21-11-16(24)20-8-10-25-2)22-13-7-9-23(12-13)15-6-4-3-5-14(15)18/h3-6,13H,7-12H2,1-2H3,(H,20,24)(H2,19,21,22). The van der Waals surface area contributed by atoms with E-state index in [2.05, 4.69) is 53.9 Å². The molecule has 25 heavy (non-hydrogen) atoms. The van der Waals surface area contributed by atoms with Gasteiger partial charge in [-0.2, -0.15) is 0 Å². The monoisotopic (exact) mass is 411 g/mol. The zero-order valence-corrected chi connectivity index (χ0v) is 16.3. The predicted octanol–water partition coefficient (Wildman–Crippen LogP) is 0.955. The number of amides is 1. The summed E-state index contributed by atoms with van der Waals surface area (Å²) in [4.78, 5) is 18.3. The summed E-state index contributed by atoms with van der Waals surface area (Å²) in [5.41, 5.74) is 1.20. The molecule has 1 amide bonds. The highest BCUT2D eigenvalue weighted by Crippen LogP contribution is 2.28. The van der Waals surface area contributed by atoms with Gasteiger partial charge in [-0.1, -0.05) is 12.1 Å². The smallest absolute Gasteiger partial charge is 0.239 e. The number of hydrogen-bond acceptors (Lipinski definition) is 4. The van der Waals surface area contributed by atoms with Crippen molar-refractivity contribution in [2.24, 2.45) is 4.99 Å². The summed E-state index contributed by atoms with van der Waals surface area (Å²) in [7, 11) is 3.31. The van der Waals surface area contributed by atoms with Crippen LogP contribution in [0.4, 0.5) is 5.69 Å². The number of rotatable bonds is 7. The van der Waals surface area contributed by atoms with Crippen molar-refractivity contribution in [1.82, 2.24) is 16.0 Å². The van der Waals surface area contributed by atoms with Gasteiger partial charge in [-0.15, -0.1) is 0 Å². The lowest BCUT2D eigenvalue weighted by atomic mass is 10.3. The molecule has 1 saturated heterocycles. The lowest BCUT2D eigenvalue weighted by molar-refractivity contribution is -0.120. The summed E-state index contributed by atoms with van der Waals surface area (Å²) >= 11 is 3.61. The number of guanidine groups is 1. The molecule has 1 heterocycles. The second-order valence-electron chi connectivity index (χ2n) is 5.80. The molecule has 8 heteroatoms. The van der Waals surface area contributed by atoms with E-state index in [1.54, 1.807) is 14.2 Å². The molecule has 1 aromatic carbocycles. The topological polar surface area (TPSA) is 78.0 Å². The van der Waals surface area contributed by atoms with Gasteiger partial charge in [0.1, 0.15) is 0 Å². The summed E-state index contributed by atoms with van der Waals surface area (Å²) in [6.45, 7) is 3.07. The SMILES string of the molecule is CN=C(NCC(=O)NCCOC)NC1CCN(c2ccccc2Br)C1. The third-order valence-electron chi connectivity index (χ3n) is 3.99. The van der Waals surface area contributed by atoms with E-state index < -0.39 is 0 Å². The number of benzene rings is 1. The molecular formula is C17H26BrN5O2. The van der Waals surface area contributed by atoms with Crippen LogP contribution in [0.1, 0.15) is 6.42 Å². The average molecular weight is 412 g/mol. The minimum atomic E-state index is -0.0822. The molecule has 0 aromatic heterocycles. The van der Waals surface area contributed by atoms with Crippen LogP contribution in [0.2, 0.25) is 0 Å². The highest BCUT2D eigenvalue weighted by molar-refractivity contribution is 9.10. The van der Waals surface area contributed by atoms with Crippen molar-refractivity contribution in [3.05, 3.63) is 28.7 Å². The van der Waals surface area contributed by atoms with Crippen molar-refractivity contribution in [3.63, 3.8) is 0 Å². The molecule has 1 aliphatic rings. The van der Waals surface area contributed by atoms with Crippen LogP contribution in [0, 0.1) is 0 Å². The third-order valence-corrected chi connectivity index (χ3v) is 4.66. The Morgan fingerprint density at radius 2 is 2.20 bits per heavy atom. The Balaban J connectivity index is 1.77. The van der Waals surface area contributed by atoms with Gasteiger partial charge in [-0.25, -0.2) is 0 Å². The molecule has 1 aliphatic heterocycles. The number of halogens is 1. The fraction of sp³-hybridized carbons (Fsp3) is 0.529. The van der Waals surface area contributed by atoms with Crippen molar-refractivity contribution >= 4 is 33.5 Å². The van der Waals surface area contributed by atoms with Crippen LogP contribution in [-0.4, -0.2) is 64.9 Å². The summed E-state index contributed by atoms with van der Waals surface area (Å²) < 4.78 is 6.01. The number of para-hydroxylation sites is 1. The minimum Gasteiger partial charge on any atom is -0.383 e. The average Bonchev–Trinajstić information content (AvgIpc) is 3.07. The molecular weight excluding hydrogens is 386 g/mol. The maximum atomic E-state index is 11.7. The van der Waals surface area contributed by atoms with E-state index in [9.17, 15) is 4.79 Å². The second-order valence-corrected chi connectivity index (χ2v) is 6.65. The Hall–Kier alpha value is -1.80. The number of nitrogens with one attached hydrogen (secondary N) is 3.